The molecule has 0 saturated heterocycles. The van der Waals surface area contributed by atoms with E-state index in [1.54, 1.807) is 0 Å². The van der Waals surface area contributed by atoms with E-state index in [1.807, 2.05) is 0 Å². The molecule has 102 valence electrons. The van der Waals surface area contributed by atoms with Gasteiger partial charge in [-0.3, -0.25) is 0 Å². The molecule has 0 aromatic heterocycles. The molecule has 0 spiro atoms. The molecule has 0 atom stereocenters. The summed E-state index contributed by atoms with van der Waals surface area (Å²) in [6.07, 6.45) is 3.19. The molecule has 20 heavy (non-hydrogen) atoms. The molecule has 0 aliphatic heterocycles. The van der Waals surface area contributed by atoms with Crippen molar-refractivity contribution in [2.75, 3.05) is 20.1 Å². The maximum absolute atomic E-state index is 9.13. The monoisotopic (exact) mass is 264 g/mol. The molecular weight excluding hydrogens is 244 g/mol. The van der Waals surface area contributed by atoms with Crippen molar-refractivity contribution < 1.29 is 0 Å². The van der Waals surface area contributed by atoms with Crippen molar-refractivity contribution >= 4 is 10.8 Å². The summed E-state index contributed by atoms with van der Waals surface area (Å²) in [5.74, 6) is 0. The van der Waals surface area contributed by atoms with Crippen LogP contribution in [0.5, 0.6) is 0 Å². The van der Waals surface area contributed by atoms with E-state index < -0.39 is 0 Å². The minimum Gasteiger partial charge on any atom is -0.304 e. The van der Waals surface area contributed by atoms with Gasteiger partial charge in [0, 0.05) is 13.1 Å². The van der Waals surface area contributed by atoms with Crippen LogP contribution in [0.3, 0.4) is 0 Å². The van der Waals surface area contributed by atoms with Gasteiger partial charge in [0.15, 0.2) is 0 Å². The summed E-state index contributed by atoms with van der Waals surface area (Å²) in [5.41, 5.74) is 1.34. The third-order valence-electron chi connectivity index (χ3n) is 4.26. The van der Waals surface area contributed by atoms with Gasteiger partial charge in [-0.2, -0.15) is 5.26 Å². The lowest BCUT2D eigenvalue weighted by molar-refractivity contribution is 0.297. The third-order valence-corrected chi connectivity index (χ3v) is 4.26. The highest BCUT2D eigenvalue weighted by atomic mass is 15.1. The number of likely N-dealkylation sites (N-methyl/N-ethyl adjacent to an activating group) is 1. The molecule has 0 unspecified atom stereocenters. The first-order chi connectivity index (χ1) is 9.71. The molecular formula is C18H20N2. The second kappa shape index (κ2) is 5.26. The van der Waals surface area contributed by atoms with Gasteiger partial charge in [0.2, 0.25) is 0 Å². The molecule has 1 aliphatic carbocycles. The Morgan fingerprint density at radius 2 is 1.90 bits per heavy atom. The van der Waals surface area contributed by atoms with E-state index in [4.69, 9.17) is 5.26 Å². The average molecular weight is 264 g/mol. The van der Waals surface area contributed by atoms with E-state index >= 15 is 0 Å². The van der Waals surface area contributed by atoms with E-state index in [0.717, 1.165) is 32.4 Å². The Balaban J connectivity index is 1.61. The number of fused-ring (bicyclic) bond motifs is 1. The zero-order valence-corrected chi connectivity index (χ0v) is 12.0. The molecule has 2 aromatic rings. The van der Waals surface area contributed by atoms with Gasteiger partial charge in [0.25, 0.3) is 0 Å². The van der Waals surface area contributed by atoms with E-state index in [0.29, 0.717) is 0 Å². The van der Waals surface area contributed by atoms with Gasteiger partial charge in [-0.05, 0) is 42.6 Å². The Bertz CT molecular complexity index is 650. The summed E-state index contributed by atoms with van der Waals surface area (Å²) < 4.78 is 0. The molecule has 0 amide bonds. The van der Waals surface area contributed by atoms with E-state index in [9.17, 15) is 0 Å². The summed E-state index contributed by atoms with van der Waals surface area (Å²) in [7, 11) is 2.12. The smallest absolute Gasteiger partial charge is 0.0703 e. The maximum Gasteiger partial charge on any atom is 0.0703 e. The number of hydrogen-bond acceptors (Lipinski definition) is 2. The van der Waals surface area contributed by atoms with Crippen LogP contribution in [0, 0.1) is 16.7 Å². The normalized spacial score (nSPS) is 16.2. The van der Waals surface area contributed by atoms with E-state index in [1.165, 1.54) is 16.3 Å². The molecule has 0 bridgehead atoms. The molecule has 1 saturated carbocycles. The standard InChI is InChI=1S/C18H20N2/c1-20(14-18(13-19)9-10-18)11-8-15-6-7-16-4-2-3-5-17(16)12-15/h2-7,12H,8-11,14H2,1H3. The van der Waals surface area contributed by atoms with E-state index in [-0.39, 0.29) is 5.41 Å². The lowest BCUT2D eigenvalue weighted by atomic mass is 10.0. The van der Waals surface area contributed by atoms with Crippen LogP contribution in [0.25, 0.3) is 10.8 Å². The fourth-order valence-electron chi connectivity index (χ4n) is 2.77. The number of nitrogens with zero attached hydrogens (tertiary/aromatic N) is 2. The first kappa shape index (κ1) is 13.1. The first-order valence-electron chi connectivity index (χ1n) is 7.28. The van der Waals surface area contributed by atoms with Crippen molar-refractivity contribution in [2.45, 2.75) is 19.3 Å². The van der Waals surface area contributed by atoms with Gasteiger partial charge in [0.1, 0.15) is 0 Å². The molecule has 0 radical (unpaired) electrons. The van der Waals surface area contributed by atoms with Crippen molar-refractivity contribution in [2.24, 2.45) is 5.41 Å². The summed E-state index contributed by atoms with van der Waals surface area (Å²) >= 11 is 0. The van der Waals surface area contributed by atoms with Crippen molar-refractivity contribution in [3.8, 4) is 6.07 Å². The third kappa shape index (κ3) is 2.84. The van der Waals surface area contributed by atoms with Crippen molar-refractivity contribution in [1.29, 1.82) is 5.26 Å². The van der Waals surface area contributed by atoms with E-state index in [2.05, 4.69) is 60.5 Å². The minimum atomic E-state index is -0.0296. The van der Waals surface area contributed by atoms with Crippen LogP contribution in [-0.2, 0) is 6.42 Å². The predicted molar refractivity (Wildman–Crippen MR) is 82.4 cm³/mol. The van der Waals surface area contributed by atoms with Crippen LogP contribution >= 0.6 is 0 Å². The molecule has 0 N–H and O–H groups in total. The van der Waals surface area contributed by atoms with Gasteiger partial charge in [0.05, 0.1) is 11.5 Å². The lowest BCUT2D eigenvalue weighted by Crippen LogP contribution is -2.28. The molecule has 3 rings (SSSR count). The second-order valence-corrected chi connectivity index (χ2v) is 6.06. The number of nitriles is 1. The van der Waals surface area contributed by atoms with Crippen molar-refractivity contribution in [1.82, 2.24) is 4.90 Å². The highest BCUT2D eigenvalue weighted by molar-refractivity contribution is 5.82. The maximum atomic E-state index is 9.13. The van der Waals surface area contributed by atoms with Gasteiger partial charge in [-0.15, -0.1) is 0 Å². The number of rotatable bonds is 5. The summed E-state index contributed by atoms with van der Waals surface area (Å²) in [5, 5.41) is 11.7. The molecule has 2 heteroatoms. The number of benzene rings is 2. The van der Waals surface area contributed by atoms with Crippen LogP contribution in [0.4, 0.5) is 0 Å². The molecule has 1 fully saturated rings. The fourth-order valence-corrected chi connectivity index (χ4v) is 2.77. The summed E-state index contributed by atoms with van der Waals surface area (Å²) in [4.78, 5) is 2.30. The van der Waals surface area contributed by atoms with Crippen LogP contribution in [0.1, 0.15) is 18.4 Å². The van der Waals surface area contributed by atoms with Crippen LogP contribution in [0.15, 0.2) is 42.5 Å². The Morgan fingerprint density at radius 1 is 1.15 bits per heavy atom. The van der Waals surface area contributed by atoms with Gasteiger partial charge < -0.3 is 4.90 Å². The quantitative estimate of drug-likeness (QED) is 0.824. The highest BCUT2D eigenvalue weighted by Crippen LogP contribution is 2.45. The molecule has 2 aromatic carbocycles. The average Bonchev–Trinajstić information content (AvgIpc) is 3.25. The predicted octanol–water partition coefficient (Wildman–Crippen LogP) is 3.62. The lowest BCUT2D eigenvalue weighted by Gasteiger charge is -2.19. The van der Waals surface area contributed by atoms with Crippen LogP contribution in [0.2, 0.25) is 0 Å². The largest absolute Gasteiger partial charge is 0.304 e. The SMILES string of the molecule is CN(CCc1ccc2ccccc2c1)CC1(C#N)CC1. The first-order valence-corrected chi connectivity index (χ1v) is 7.28. The minimum absolute atomic E-state index is 0.0296. The summed E-state index contributed by atoms with van der Waals surface area (Å²) in [6.45, 7) is 1.93. The highest BCUT2D eigenvalue weighted by Gasteiger charge is 2.43. The molecule has 0 heterocycles. The molecule has 2 nitrogen and oxygen atoms in total. The topological polar surface area (TPSA) is 27.0 Å². The molecule has 1 aliphatic rings. The number of hydrogen-bond donors (Lipinski definition) is 0. The zero-order chi connectivity index (χ0) is 14.0. The second-order valence-electron chi connectivity index (χ2n) is 6.06. The Kier molecular flexibility index (Phi) is 3.46. The van der Waals surface area contributed by atoms with Crippen molar-refractivity contribution in [3.63, 3.8) is 0 Å². The Morgan fingerprint density at radius 3 is 2.60 bits per heavy atom. The van der Waals surface area contributed by atoms with Gasteiger partial charge >= 0.3 is 0 Å². The van der Waals surface area contributed by atoms with Gasteiger partial charge in [-0.1, -0.05) is 42.5 Å². The van der Waals surface area contributed by atoms with Crippen LogP contribution in [-0.4, -0.2) is 25.0 Å². The fraction of sp³-hybridized carbons (Fsp3) is 0.389. The summed E-state index contributed by atoms with van der Waals surface area (Å²) in [6, 6.07) is 17.6. The Hall–Kier alpha value is -1.85. The van der Waals surface area contributed by atoms with Crippen molar-refractivity contribution in [3.05, 3.63) is 48.0 Å². The zero-order valence-electron chi connectivity index (χ0n) is 12.0. The van der Waals surface area contributed by atoms with Gasteiger partial charge in [-0.25, -0.2) is 0 Å². The van der Waals surface area contributed by atoms with Crippen LogP contribution < -0.4 is 0 Å². The Labute approximate surface area is 120 Å².